The van der Waals surface area contributed by atoms with Gasteiger partial charge in [-0.15, -0.1) is 6.58 Å². The maximum Gasteiger partial charge on any atom is 0.410 e. The minimum atomic E-state index is -0.490. The van der Waals surface area contributed by atoms with E-state index in [0.717, 1.165) is 6.42 Å². The number of rotatable bonds is 3. The molecular formula is C14H24N2O3. The Kier molecular flexibility index (Phi) is 4.97. The topological polar surface area (TPSA) is 49.9 Å². The van der Waals surface area contributed by atoms with Crippen LogP contribution in [-0.4, -0.2) is 53.1 Å². The van der Waals surface area contributed by atoms with Crippen molar-refractivity contribution in [2.75, 3.05) is 19.6 Å². The van der Waals surface area contributed by atoms with Gasteiger partial charge >= 0.3 is 6.09 Å². The first-order valence-corrected chi connectivity index (χ1v) is 6.60. The molecule has 108 valence electrons. The molecule has 0 aromatic carbocycles. The first-order valence-electron chi connectivity index (χ1n) is 6.60. The van der Waals surface area contributed by atoms with Crippen LogP contribution in [0.3, 0.4) is 0 Å². The second-order valence-electron chi connectivity index (χ2n) is 5.83. The average molecular weight is 268 g/mol. The molecule has 0 aliphatic carbocycles. The molecule has 0 aromatic heterocycles. The number of hydrogen-bond acceptors (Lipinski definition) is 3. The van der Waals surface area contributed by atoms with E-state index in [4.69, 9.17) is 4.74 Å². The first-order chi connectivity index (χ1) is 8.74. The summed E-state index contributed by atoms with van der Waals surface area (Å²) in [5.41, 5.74) is -0.490. The summed E-state index contributed by atoms with van der Waals surface area (Å²) < 4.78 is 5.33. The van der Waals surface area contributed by atoms with Crippen molar-refractivity contribution >= 4 is 12.0 Å². The van der Waals surface area contributed by atoms with Crippen LogP contribution in [0.1, 0.15) is 34.1 Å². The molecule has 0 spiro atoms. The van der Waals surface area contributed by atoms with Crippen LogP contribution in [0, 0.1) is 0 Å². The Balaban J connectivity index is 2.59. The SMILES string of the molecule is C=CCN(C(C)=O)[C@H]1CCN(C(=O)OC(C)(C)C)C1. The molecule has 0 bridgehead atoms. The van der Waals surface area contributed by atoms with Gasteiger partial charge in [0, 0.05) is 26.6 Å². The van der Waals surface area contributed by atoms with E-state index >= 15 is 0 Å². The molecule has 5 nitrogen and oxygen atoms in total. The van der Waals surface area contributed by atoms with Crippen LogP contribution in [0.5, 0.6) is 0 Å². The molecule has 2 amide bonds. The molecule has 1 rings (SSSR count). The third-order valence-electron chi connectivity index (χ3n) is 2.99. The number of ether oxygens (including phenoxy) is 1. The molecule has 0 N–H and O–H groups in total. The van der Waals surface area contributed by atoms with Gasteiger partial charge in [0.15, 0.2) is 0 Å². The van der Waals surface area contributed by atoms with Crippen molar-refractivity contribution in [3.63, 3.8) is 0 Å². The van der Waals surface area contributed by atoms with Gasteiger partial charge in [0.05, 0.1) is 6.04 Å². The molecule has 0 aromatic rings. The van der Waals surface area contributed by atoms with E-state index in [0.29, 0.717) is 19.6 Å². The molecule has 5 heteroatoms. The maximum atomic E-state index is 11.9. The number of hydrogen-bond donors (Lipinski definition) is 0. The fourth-order valence-corrected chi connectivity index (χ4v) is 2.16. The minimum absolute atomic E-state index is 0.0101. The van der Waals surface area contributed by atoms with Gasteiger partial charge in [-0.25, -0.2) is 4.79 Å². The van der Waals surface area contributed by atoms with Gasteiger partial charge in [0.25, 0.3) is 0 Å². The number of nitrogens with zero attached hydrogens (tertiary/aromatic N) is 2. The van der Waals surface area contributed by atoms with Crippen molar-refractivity contribution in [1.29, 1.82) is 0 Å². The van der Waals surface area contributed by atoms with Crippen LogP contribution < -0.4 is 0 Å². The molecule has 1 atom stereocenters. The highest BCUT2D eigenvalue weighted by atomic mass is 16.6. The fourth-order valence-electron chi connectivity index (χ4n) is 2.16. The predicted octanol–water partition coefficient (Wildman–Crippen LogP) is 2.03. The maximum absolute atomic E-state index is 11.9. The van der Waals surface area contributed by atoms with E-state index in [-0.39, 0.29) is 18.0 Å². The molecule has 0 unspecified atom stereocenters. The lowest BCUT2D eigenvalue weighted by Crippen LogP contribution is -2.42. The van der Waals surface area contributed by atoms with Gasteiger partial charge in [0.1, 0.15) is 5.60 Å². The lowest BCUT2D eigenvalue weighted by molar-refractivity contribution is -0.130. The zero-order valence-electron chi connectivity index (χ0n) is 12.3. The summed E-state index contributed by atoms with van der Waals surface area (Å²) in [6.45, 7) is 12.4. The van der Waals surface area contributed by atoms with E-state index in [1.54, 1.807) is 22.8 Å². The monoisotopic (exact) mass is 268 g/mol. The Morgan fingerprint density at radius 2 is 2.11 bits per heavy atom. The summed E-state index contributed by atoms with van der Waals surface area (Å²) >= 11 is 0. The largest absolute Gasteiger partial charge is 0.444 e. The molecule has 0 radical (unpaired) electrons. The Hall–Kier alpha value is -1.52. The molecule has 1 saturated heterocycles. The molecular weight excluding hydrogens is 244 g/mol. The first kappa shape index (κ1) is 15.5. The molecule has 1 fully saturated rings. The zero-order valence-corrected chi connectivity index (χ0v) is 12.3. The quantitative estimate of drug-likeness (QED) is 0.736. The van der Waals surface area contributed by atoms with Crippen LogP contribution in [0.4, 0.5) is 4.79 Å². The standard InChI is InChI=1S/C14H24N2O3/c1-6-8-16(11(2)17)12-7-9-15(10-12)13(18)19-14(3,4)5/h6,12H,1,7-10H2,2-5H3/t12-/m0/s1. The van der Waals surface area contributed by atoms with E-state index in [9.17, 15) is 9.59 Å². The van der Waals surface area contributed by atoms with Gasteiger partial charge in [-0.05, 0) is 27.2 Å². The van der Waals surface area contributed by atoms with Crippen LogP contribution in [0.15, 0.2) is 12.7 Å². The van der Waals surface area contributed by atoms with E-state index in [2.05, 4.69) is 6.58 Å². The van der Waals surface area contributed by atoms with Crippen molar-refractivity contribution in [2.24, 2.45) is 0 Å². The molecule has 1 aliphatic rings. The molecule has 1 aliphatic heterocycles. The Morgan fingerprint density at radius 1 is 1.47 bits per heavy atom. The van der Waals surface area contributed by atoms with E-state index in [1.807, 2.05) is 20.8 Å². The van der Waals surface area contributed by atoms with Gasteiger partial charge in [-0.3, -0.25) is 4.79 Å². The lowest BCUT2D eigenvalue weighted by atomic mass is 10.2. The summed E-state index contributed by atoms with van der Waals surface area (Å²) in [5.74, 6) is 0.0101. The lowest BCUT2D eigenvalue weighted by Gasteiger charge is -2.28. The zero-order chi connectivity index (χ0) is 14.6. The highest BCUT2D eigenvalue weighted by Crippen LogP contribution is 2.19. The highest BCUT2D eigenvalue weighted by Gasteiger charge is 2.33. The Labute approximate surface area is 115 Å². The summed E-state index contributed by atoms with van der Waals surface area (Å²) in [4.78, 5) is 26.9. The van der Waals surface area contributed by atoms with Crippen molar-refractivity contribution in [3.8, 4) is 0 Å². The normalized spacial score (nSPS) is 19.2. The van der Waals surface area contributed by atoms with Crippen molar-refractivity contribution in [2.45, 2.75) is 45.8 Å². The third kappa shape index (κ3) is 4.58. The number of amides is 2. The molecule has 0 saturated carbocycles. The van der Waals surface area contributed by atoms with Crippen LogP contribution in [-0.2, 0) is 9.53 Å². The Bertz CT molecular complexity index is 360. The molecule has 19 heavy (non-hydrogen) atoms. The van der Waals surface area contributed by atoms with Crippen molar-refractivity contribution < 1.29 is 14.3 Å². The smallest absolute Gasteiger partial charge is 0.410 e. The number of carbonyl (C=O) groups is 2. The number of likely N-dealkylation sites (tertiary alicyclic amines) is 1. The average Bonchev–Trinajstić information content (AvgIpc) is 2.72. The summed E-state index contributed by atoms with van der Waals surface area (Å²) in [6, 6.07) is 0.0584. The van der Waals surface area contributed by atoms with Gasteiger partial charge in [-0.1, -0.05) is 6.08 Å². The van der Waals surface area contributed by atoms with Crippen LogP contribution in [0.25, 0.3) is 0 Å². The predicted molar refractivity (Wildman–Crippen MR) is 73.8 cm³/mol. The van der Waals surface area contributed by atoms with Crippen molar-refractivity contribution in [3.05, 3.63) is 12.7 Å². The second-order valence-corrected chi connectivity index (χ2v) is 5.83. The third-order valence-corrected chi connectivity index (χ3v) is 2.99. The van der Waals surface area contributed by atoms with Crippen molar-refractivity contribution in [1.82, 2.24) is 9.80 Å². The molecule has 1 heterocycles. The van der Waals surface area contributed by atoms with E-state index in [1.165, 1.54) is 0 Å². The van der Waals surface area contributed by atoms with Crippen LogP contribution >= 0.6 is 0 Å². The minimum Gasteiger partial charge on any atom is -0.444 e. The summed E-state index contributed by atoms with van der Waals surface area (Å²) in [7, 11) is 0. The van der Waals surface area contributed by atoms with E-state index < -0.39 is 5.60 Å². The Morgan fingerprint density at radius 3 is 2.58 bits per heavy atom. The van der Waals surface area contributed by atoms with Gasteiger partial charge < -0.3 is 14.5 Å². The summed E-state index contributed by atoms with van der Waals surface area (Å²) in [5, 5.41) is 0. The second kappa shape index (κ2) is 6.08. The highest BCUT2D eigenvalue weighted by molar-refractivity contribution is 5.74. The van der Waals surface area contributed by atoms with Gasteiger partial charge in [0.2, 0.25) is 5.91 Å². The fraction of sp³-hybridized carbons (Fsp3) is 0.714. The summed E-state index contributed by atoms with van der Waals surface area (Å²) in [6.07, 6.45) is 2.18. The number of carbonyl (C=O) groups excluding carboxylic acids is 2. The van der Waals surface area contributed by atoms with Crippen LogP contribution in [0.2, 0.25) is 0 Å². The van der Waals surface area contributed by atoms with Gasteiger partial charge in [-0.2, -0.15) is 0 Å².